The highest BCUT2D eigenvalue weighted by atomic mass is 16.2. The average Bonchev–Trinajstić information content (AvgIpc) is 2.89. The van der Waals surface area contributed by atoms with Crippen LogP contribution in [0.3, 0.4) is 0 Å². The molecule has 3 rings (SSSR count). The molecule has 0 unspecified atom stereocenters. The molecule has 128 valence electrons. The molecule has 1 fully saturated rings. The van der Waals surface area contributed by atoms with Crippen molar-refractivity contribution in [2.24, 2.45) is 0 Å². The van der Waals surface area contributed by atoms with Crippen LogP contribution in [0.5, 0.6) is 0 Å². The number of carbonyl (C=O) groups excluding carboxylic acids is 1. The van der Waals surface area contributed by atoms with Gasteiger partial charge in [0.25, 0.3) is 0 Å². The van der Waals surface area contributed by atoms with Crippen molar-refractivity contribution in [3.63, 3.8) is 0 Å². The van der Waals surface area contributed by atoms with Gasteiger partial charge >= 0.3 is 6.03 Å². The molecule has 0 radical (unpaired) electrons. The second-order valence-corrected chi connectivity index (χ2v) is 6.56. The summed E-state index contributed by atoms with van der Waals surface area (Å²) in [6.07, 6.45) is 5.91. The summed E-state index contributed by atoms with van der Waals surface area (Å²) in [5.74, 6) is 0. The fourth-order valence-corrected chi connectivity index (χ4v) is 3.40. The Kier molecular flexibility index (Phi) is 5.18. The van der Waals surface area contributed by atoms with Gasteiger partial charge in [-0.3, -0.25) is 0 Å². The maximum Gasteiger partial charge on any atom is 0.315 e. The van der Waals surface area contributed by atoms with Crippen LogP contribution in [0.4, 0.5) is 4.79 Å². The first-order chi connectivity index (χ1) is 11.6. The van der Waals surface area contributed by atoms with E-state index in [1.807, 2.05) is 48.9 Å². The normalized spacial score (nSPS) is 15.2. The van der Waals surface area contributed by atoms with E-state index in [0.29, 0.717) is 12.6 Å². The molecule has 0 saturated heterocycles. The molecule has 1 aromatic heterocycles. The highest BCUT2D eigenvalue weighted by molar-refractivity contribution is 5.74. The Labute approximate surface area is 143 Å². The van der Waals surface area contributed by atoms with Crippen LogP contribution in [0, 0.1) is 13.8 Å². The Bertz CT molecular complexity index is 687. The van der Waals surface area contributed by atoms with Crippen molar-refractivity contribution in [2.45, 2.75) is 58.5 Å². The van der Waals surface area contributed by atoms with E-state index in [0.717, 1.165) is 35.5 Å². The van der Waals surface area contributed by atoms with Gasteiger partial charge in [0, 0.05) is 23.8 Å². The summed E-state index contributed by atoms with van der Waals surface area (Å²) in [5.41, 5.74) is 4.14. The van der Waals surface area contributed by atoms with E-state index in [9.17, 15) is 4.79 Å². The lowest BCUT2D eigenvalue weighted by molar-refractivity contribution is 0.232. The molecule has 1 aromatic carbocycles. The number of hydrogen-bond donors (Lipinski definition) is 2. The summed E-state index contributed by atoms with van der Waals surface area (Å²) in [4.78, 5) is 12.1. The van der Waals surface area contributed by atoms with Crippen molar-refractivity contribution < 1.29 is 4.79 Å². The van der Waals surface area contributed by atoms with E-state index in [2.05, 4.69) is 15.7 Å². The van der Waals surface area contributed by atoms with Crippen LogP contribution in [0.2, 0.25) is 0 Å². The Hall–Kier alpha value is -2.30. The third-order valence-corrected chi connectivity index (χ3v) is 4.81. The lowest BCUT2D eigenvalue weighted by Crippen LogP contribution is -2.42. The molecule has 0 atom stereocenters. The fraction of sp³-hybridized carbons (Fsp3) is 0.474. The minimum Gasteiger partial charge on any atom is -0.335 e. The van der Waals surface area contributed by atoms with Gasteiger partial charge < -0.3 is 10.6 Å². The zero-order chi connectivity index (χ0) is 16.9. The Morgan fingerprint density at radius 2 is 1.88 bits per heavy atom. The summed E-state index contributed by atoms with van der Waals surface area (Å²) >= 11 is 0. The van der Waals surface area contributed by atoms with Gasteiger partial charge in [0.2, 0.25) is 0 Å². The van der Waals surface area contributed by atoms with Crippen LogP contribution >= 0.6 is 0 Å². The molecule has 2 amide bonds. The minimum absolute atomic E-state index is 0.0758. The van der Waals surface area contributed by atoms with Gasteiger partial charge in [-0.25, -0.2) is 9.48 Å². The molecule has 1 aliphatic carbocycles. The standard InChI is InChI=1S/C19H26N4O/c1-14-18(13-20-19(24)21-16-9-5-3-6-10-16)15(2)23(22-14)17-11-7-4-8-12-17/h4,7-8,11-12,16H,3,5-6,9-10,13H2,1-2H3,(H2,20,21,24). The predicted molar refractivity (Wildman–Crippen MR) is 95.3 cm³/mol. The van der Waals surface area contributed by atoms with Crippen LogP contribution in [-0.2, 0) is 6.54 Å². The van der Waals surface area contributed by atoms with Crippen LogP contribution in [0.1, 0.15) is 49.1 Å². The quantitative estimate of drug-likeness (QED) is 0.901. The van der Waals surface area contributed by atoms with Gasteiger partial charge in [-0.2, -0.15) is 5.10 Å². The van der Waals surface area contributed by atoms with Crippen molar-refractivity contribution in [3.05, 3.63) is 47.3 Å². The molecule has 24 heavy (non-hydrogen) atoms. The molecule has 0 bridgehead atoms. The summed E-state index contributed by atoms with van der Waals surface area (Å²) in [6, 6.07) is 10.3. The van der Waals surface area contributed by atoms with Crippen LogP contribution in [0.25, 0.3) is 5.69 Å². The largest absolute Gasteiger partial charge is 0.335 e. The Morgan fingerprint density at radius 1 is 1.17 bits per heavy atom. The monoisotopic (exact) mass is 326 g/mol. The molecule has 0 spiro atoms. The summed E-state index contributed by atoms with van der Waals surface area (Å²) in [7, 11) is 0. The van der Waals surface area contributed by atoms with E-state index in [1.54, 1.807) is 0 Å². The second kappa shape index (κ2) is 7.51. The first-order valence-electron chi connectivity index (χ1n) is 8.80. The maximum atomic E-state index is 12.1. The summed E-state index contributed by atoms with van der Waals surface area (Å²) in [5, 5.41) is 10.7. The van der Waals surface area contributed by atoms with Crippen molar-refractivity contribution >= 4 is 6.03 Å². The molecule has 0 aliphatic heterocycles. The highest BCUT2D eigenvalue weighted by Crippen LogP contribution is 2.18. The lowest BCUT2D eigenvalue weighted by Gasteiger charge is -2.22. The molecule has 5 nitrogen and oxygen atoms in total. The molecule has 2 N–H and O–H groups in total. The number of nitrogens with one attached hydrogen (secondary N) is 2. The lowest BCUT2D eigenvalue weighted by atomic mass is 9.96. The van der Waals surface area contributed by atoms with Gasteiger partial charge in [-0.05, 0) is 38.8 Å². The summed E-state index contributed by atoms with van der Waals surface area (Å²) in [6.45, 7) is 4.54. The topological polar surface area (TPSA) is 59.0 Å². The molecule has 1 saturated carbocycles. The number of urea groups is 1. The van der Waals surface area contributed by atoms with Gasteiger partial charge in [-0.15, -0.1) is 0 Å². The molecule has 1 heterocycles. The van der Waals surface area contributed by atoms with Gasteiger partial charge in [0.15, 0.2) is 0 Å². The molecule has 5 heteroatoms. The molecule has 1 aliphatic rings. The number of amides is 2. The third-order valence-electron chi connectivity index (χ3n) is 4.81. The third kappa shape index (κ3) is 3.78. The van der Waals surface area contributed by atoms with Crippen molar-refractivity contribution in [2.75, 3.05) is 0 Å². The van der Waals surface area contributed by atoms with Gasteiger partial charge in [0.05, 0.1) is 11.4 Å². The molecular weight excluding hydrogens is 300 g/mol. The number of carbonyl (C=O) groups is 1. The van der Waals surface area contributed by atoms with Gasteiger partial charge in [-0.1, -0.05) is 37.5 Å². The number of aromatic nitrogens is 2. The number of hydrogen-bond acceptors (Lipinski definition) is 2. The second-order valence-electron chi connectivity index (χ2n) is 6.56. The van der Waals surface area contributed by atoms with E-state index in [-0.39, 0.29) is 6.03 Å². The number of para-hydroxylation sites is 1. The number of rotatable bonds is 4. The van der Waals surface area contributed by atoms with Crippen LogP contribution < -0.4 is 10.6 Å². The zero-order valence-electron chi connectivity index (χ0n) is 14.5. The van der Waals surface area contributed by atoms with E-state index < -0.39 is 0 Å². The maximum absolute atomic E-state index is 12.1. The van der Waals surface area contributed by atoms with Crippen molar-refractivity contribution in [3.8, 4) is 5.69 Å². The molecule has 2 aromatic rings. The first-order valence-corrected chi connectivity index (χ1v) is 8.80. The number of aryl methyl sites for hydroxylation is 1. The van der Waals surface area contributed by atoms with Crippen LogP contribution in [0.15, 0.2) is 30.3 Å². The highest BCUT2D eigenvalue weighted by Gasteiger charge is 2.17. The van der Waals surface area contributed by atoms with E-state index in [4.69, 9.17) is 0 Å². The van der Waals surface area contributed by atoms with Crippen LogP contribution in [-0.4, -0.2) is 21.9 Å². The first kappa shape index (κ1) is 16.6. The number of benzene rings is 1. The predicted octanol–water partition coefficient (Wildman–Crippen LogP) is 3.62. The Morgan fingerprint density at radius 3 is 2.58 bits per heavy atom. The van der Waals surface area contributed by atoms with Gasteiger partial charge in [0.1, 0.15) is 0 Å². The number of nitrogens with zero attached hydrogens (tertiary/aromatic N) is 2. The zero-order valence-corrected chi connectivity index (χ0v) is 14.5. The van der Waals surface area contributed by atoms with E-state index in [1.165, 1.54) is 19.3 Å². The van der Waals surface area contributed by atoms with Crippen molar-refractivity contribution in [1.29, 1.82) is 0 Å². The Balaban J connectivity index is 1.63. The molecular formula is C19H26N4O. The van der Waals surface area contributed by atoms with Crippen molar-refractivity contribution in [1.82, 2.24) is 20.4 Å². The average molecular weight is 326 g/mol. The SMILES string of the molecule is Cc1nn(-c2ccccc2)c(C)c1CNC(=O)NC1CCCCC1. The van der Waals surface area contributed by atoms with E-state index >= 15 is 0 Å². The smallest absolute Gasteiger partial charge is 0.315 e. The summed E-state index contributed by atoms with van der Waals surface area (Å²) < 4.78 is 1.94. The minimum atomic E-state index is -0.0758. The fourth-order valence-electron chi connectivity index (χ4n) is 3.40.